The SMILES string of the molecule is NC1c2cc(Br)ccc2CC1(F)F. The van der Waals surface area contributed by atoms with E-state index in [2.05, 4.69) is 15.9 Å². The van der Waals surface area contributed by atoms with E-state index in [0.717, 1.165) is 4.47 Å². The van der Waals surface area contributed by atoms with Crippen LogP contribution in [0.25, 0.3) is 0 Å². The predicted molar refractivity (Wildman–Crippen MR) is 49.7 cm³/mol. The highest BCUT2D eigenvalue weighted by Crippen LogP contribution is 2.42. The van der Waals surface area contributed by atoms with Gasteiger partial charge in [0, 0.05) is 10.9 Å². The predicted octanol–water partition coefficient (Wildman–Crippen LogP) is 2.64. The highest BCUT2D eigenvalue weighted by atomic mass is 79.9. The quantitative estimate of drug-likeness (QED) is 0.750. The van der Waals surface area contributed by atoms with Crippen LogP contribution in [0.2, 0.25) is 0 Å². The molecule has 1 aliphatic rings. The maximum Gasteiger partial charge on any atom is 0.270 e. The van der Waals surface area contributed by atoms with Crippen LogP contribution in [-0.2, 0) is 6.42 Å². The van der Waals surface area contributed by atoms with Gasteiger partial charge in [-0.25, -0.2) is 8.78 Å². The first-order chi connectivity index (χ1) is 6.00. The van der Waals surface area contributed by atoms with Crippen LogP contribution in [0.3, 0.4) is 0 Å². The number of benzene rings is 1. The van der Waals surface area contributed by atoms with Crippen molar-refractivity contribution in [3.8, 4) is 0 Å². The van der Waals surface area contributed by atoms with E-state index in [1.54, 1.807) is 18.2 Å². The van der Waals surface area contributed by atoms with Crippen molar-refractivity contribution in [2.24, 2.45) is 5.73 Å². The molecule has 0 saturated heterocycles. The molecular formula is C9H8BrF2N. The van der Waals surface area contributed by atoms with Crippen LogP contribution in [0, 0.1) is 0 Å². The van der Waals surface area contributed by atoms with E-state index in [1.807, 2.05) is 0 Å². The second kappa shape index (κ2) is 2.75. The zero-order valence-corrected chi connectivity index (χ0v) is 8.31. The van der Waals surface area contributed by atoms with Gasteiger partial charge >= 0.3 is 0 Å². The van der Waals surface area contributed by atoms with Crippen LogP contribution in [0.15, 0.2) is 22.7 Å². The molecule has 0 radical (unpaired) electrons. The fraction of sp³-hybridized carbons (Fsp3) is 0.333. The summed E-state index contributed by atoms with van der Waals surface area (Å²) in [7, 11) is 0. The minimum atomic E-state index is -2.79. The van der Waals surface area contributed by atoms with Gasteiger partial charge in [-0.15, -0.1) is 0 Å². The lowest BCUT2D eigenvalue weighted by Gasteiger charge is -2.14. The average Bonchev–Trinajstić information content (AvgIpc) is 2.26. The van der Waals surface area contributed by atoms with Gasteiger partial charge < -0.3 is 5.73 Å². The number of fused-ring (bicyclic) bond motifs is 1. The number of hydrogen-bond donors (Lipinski definition) is 1. The molecule has 2 rings (SSSR count). The van der Waals surface area contributed by atoms with Crippen molar-refractivity contribution in [3.63, 3.8) is 0 Å². The highest BCUT2D eigenvalue weighted by molar-refractivity contribution is 9.10. The van der Waals surface area contributed by atoms with E-state index in [0.29, 0.717) is 11.1 Å². The summed E-state index contributed by atoms with van der Waals surface area (Å²) in [6, 6.07) is 3.97. The van der Waals surface area contributed by atoms with Crippen LogP contribution < -0.4 is 5.73 Å². The van der Waals surface area contributed by atoms with Crippen molar-refractivity contribution in [1.29, 1.82) is 0 Å². The molecule has 0 spiro atoms. The van der Waals surface area contributed by atoms with E-state index >= 15 is 0 Å². The van der Waals surface area contributed by atoms with Gasteiger partial charge in [-0.2, -0.15) is 0 Å². The fourth-order valence-electron chi connectivity index (χ4n) is 1.61. The molecule has 0 bridgehead atoms. The Morgan fingerprint density at radius 3 is 2.85 bits per heavy atom. The van der Waals surface area contributed by atoms with Gasteiger partial charge in [-0.3, -0.25) is 0 Å². The van der Waals surface area contributed by atoms with Gasteiger partial charge in [0.2, 0.25) is 0 Å². The van der Waals surface area contributed by atoms with Gasteiger partial charge in [0.05, 0.1) is 6.04 Å². The molecule has 0 amide bonds. The zero-order valence-electron chi connectivity index (χ0n) is 6.73. The summed E-state index contributed by atoms with van der Waals surface area (Å²) >= 11 is 3.23. The Labute approximate surface area is 83.1 Å². The molecule has 0 aromatic heterocycles. The van der Waals surface area contributed by atoms with Crippen molar-refractivity contribution < 1.29 is 8.78 Å². The van der Waals surface area contributed by atoms with Crippen molar-refractivity contribution in [3.05, 3.63) is 33.8 Å². The summed E-state index contributed by atoms with van der Waals surface area (Å²) in [6.07, 6.45) is -0.239. The third-order valence-electron chi connectivity index (χ3n) is 2.32. The molecular weight excluding hydrogens is 240 g/mol. The first-order valence-corrected chi connectivity index (χ1v) is 4.72. The lowest BCUT2D eigenvalue weighted by molar-refractivity contribution is -0.0135. The van der Waals surface area contributed by atoms with Crippen LogP contribution in [0.1, 0.15) is 17.2 Å². The summed E-state index contributed by atoms with van der Waals surface area (Å²) in [4.78, 5) is 0. The average molecular weight is 248 g/mol. The van der Waals surface area contributed by atoms with Gasteiger partial charge in [0.1, 0.15) is 0 Å². The Kier molecular flexibility index (Phi) is 1.92. The summed E-state index contributed by atoms with van der Waals surface area (Å²) in [5.74, 6) is -2.79. The molecule has 0 saturated carbocycles. The minimum absolute atomic E-state index is 0.239. The van der Waals surface area contributed by atoms with Gasteiger partial charge in [-0.05, 0) is 23.3 Å². The van der Waals surface area contributed by atoms with Crippen molar-refractivity contribution in [2.75, 3.05) is 0 Å². The van der Waals surface area contributed by atoms with E-state index in [1.165, 1.54) is 0 Å². The molecule has 4 heteroatoms. The van der Waals surface area contributed by atoms with E-state index < -0.39 is 12.0 Å². The van der Waals surface area contributed by atoms with Gasteiger partial charge in [0.15, 0.2) is 0 Å². The van der Waals surface area contributed by atoms with Crippen molar-refractivity contribution in [2.45, 2.75) is 18.4 Å². The molecule has 1 aliphatic carbocycles. The van der Waals surface area contributed by atoms with E-state index in [4.69, 9.17) is 5.73 Å². The van der Waals surface area contributed by atoms with Crippen molar-refractivity contribution >= 4 is 15.9 Å². The summed E-state index contributed by atoms with van der Waals surface area (Å²) < 4.78 is 27.0. The molecule has 1 aromatic carbocycles. The molecule has 1 unspecified atom stereocenters. The van der Waals surface area contributed by atoms with Crippen LogP contribution >= 0.6 is 15.9 Å². The molecule has 1 nitrogen and oxygen atoms in total. The van der Waals surface area contributed by atoms with Crippen molar-refractivity contribution in [1.82, 2.24) is 0 Å². The molecule has 0 fully saturated rings. The monoisotopic (exact) mass is 247 g/mol. The second-order valence-electron chi connectivity index (χ2n) is 3.26. The Hall–Kier alpha value is -0.480. The second-order valence-corrected chi connectivity index (χ2v) is 4.17. The molecule has 1 atom stereocenters. The van der Waals surface area contributed by atoms with Gasteiger partial charge in [0.25, 0.3) is 5.92 Å². The smallest absolute Gasteiger partial charge is 0.270 e. The molecule has 0 aliphatic heterocycles. The minimum Gasteiger partial charge on any atom is -0.319 e. The lowest BCUT2D eigenvalue weighted by atomic mass is 10.1. The van der Waals surface area contributed by atoms with Crippen LogP contribution in [-0.4, -0.2) is 5.92 Å². The molecule has 2 N–H and O–H groups in total. The third kappa shape index (κ3) is 1.38. The largest absolute Gasteiger partial charge is 0.319 e. The van der Waals surface area contributed by atoms with Gasteiger partial charge in [-0.1, -0.05) is 22.0 Å². The Morgan fingerprint density at radius 1 is 1.46 bits per heavy atom. The summed E-state index contributed by atoms with van der Waals surface area (Å²) in [6.45, 7) is 0. The number of nitrogens with two attached hydrogens (primary N) is 1. The molecule has 0 heterocycles. The first kappa shape index (κ1) is 9.09. The number of hydrogen-bond acceptors (Lipinski definition) is 1. The topological polar surface area (TPSA) is 26.0 Å². The highest BCUT2D eigenvalue weighted by Gasteiger charge is 2.45. The summed E-state index contributed by atoms with van der Waals surface area (Å²) in [5, 5.41) is 0. The summed E-state index contributed by atoms with van der Waals surface area (Å²) in [5.41, 5.74) is 6.63. The number of rotatable bonds is 0. The normalized spacial score (nSPS) is 24.5. The number of halogens is 3. The lowest BCUT2D eigenvalue weighted by Crippen LogP contribution is -2.28. The third-order valence-corrected chi connectivity index (χ3v) is 2.82. The van der Waals surface area contributed by atoms with E-state index in [-0.39, 0.29) is 6.42 Å². The molecule has 1 aromatic rings. The Balaban J connectivity index is 2.51. The maximum atomic E-state index is 13.1. The van der Waals surface area contributed by atoms with E-state index in [9.17, 15) is 8.78 Å². The zero-order chi connectivity index (χ0) is 9.64. The molecule has 13 heavy (non-hydrogen) atoms. The standard InChI is InChI=1S/C9H8BrF2N/c10-6-2-1-5-4-9(11,12)8(13)7(5)3-6/h1-3,8H,4,13H2. The maximum absolute atomic E-state index is 13.1. The Morgan fingerprint density at radius 2 is 2.15 bits per heavy atom. The van der Waals surface area contributed by atoms with Crippen LogP contribution in [0.5, 0.6) is 0 Å². The Bertz CT molecular complexity index is 351. The fourth-order valence-corrected chi connectivity index (χ4v) is 1.99. The van der Waals surface area contributed by atoms with Crippen LogP contribution in [0.4, 0.5) is 8.78 Å². The number of alkyl halides is 2. The molecule has 70 valence electrons. The first-order valence-electron chi connectivity index (χ1n) is 3.92.